The lowest BCUT2D eigenvalue weighted by molar-refractivity contribution is -0.113. The van der Waals surface area contributed by atoms with Crippen LogP contribution >= 0.6 is 11.8 Å². The summed E-state index contributed by atoms with van der Waals surface area (Å²) in [4.78, 5) is 12.3. The summed E-state index contributed by atoms with van der Waals surface area (Å²) in [6.45, 7) is 6.69. The number of ether oxygens (including phenoxy) is 1. The van der Waals surface area contributed by atoms with Crippen molar-refractivity contribution in [3.63, 3.8) is 0 Å². The number of benzene rings is 1. The number of hydrogen-bond donors (Lipinski definition) is 1. The molecule has 0 saturated carbocycles. The van der Waals surface area contributed by atoms with Crippen LogP contribution in [0, 0.1) is 0 Å². The van der Waals surface area contributed by atoms with Gasteiger partial charge in [0.15, 0.2) is 5.16 Å². The van der Waals surface area contributed by atoms with Crippen LogP contribution in [0.3, 0.4) is 0 Å². The van der Waals surface area contributed by atoms with Gasteiger partial charge in [0.25, 0.3) is 0 Å². The number of unbranched alkanes of at least 4 members (excludes halogenated alkanes) is 4. The Morgan fingerprint density at radius 1 is 1.25 bits per heavy atom. The second-order valence-electron chi connectivity index (χ2n) is 6.50. The number of allylic oxidation sites excluding steroid dienone is 1. The topological polar surface area (TPSA) is 69.0 Å². The number of carbonyl (C=O) groups is 1. The van der Waals surface area contributed by atoms with E-state index in [1.807, 2.05) is 34.9 Å². The Morgan fingerprint density at radius 3 is 2.79 bits per heavy atom. The summed E-state index contributed by atoms with van der Waals surface area (Å²) in [6, 6.07) is 7.36. The van der Waals surface area contributed by atoms with E-state index in [0.717, 1.165) is 23.8 Å². The number of hydrogen-bond acceptors (Lipinski definition) is 5. The summed E-state index contributed by atoms with van der Waals surface area (Å²) in [5, 5.41) is 12.3. The summed E-state index contributed by atoms with van der Waals surface area (Å²) < 4.78 is 7.32. The van der Waals surface area contributed by atoms with E-state index in [9.17, 15) is 4.79 Å². The molecule has 1 N–H and O–H groups in total. The second kappa shape index (κ2) is 12.2. The highest BCUT2D eigenvalue weighted by molar-refractivity contribution is 7.99. The Labute approximate surface area is 171 Å². The number of methoxy groups -OCH3 is 1. The third-order valence-corrected chi connectivity index (χ3v) is 5.29. The number of carbonyl (C=O) groups excluding carboxylic acids is 1. The second-order valence-corrected chi connectivity index (χ2v) is 7.44. The first-order chi connectivity index (χ1) is 13.7. The number of amides is 1. The molecule has 0 aliphatic rings. The number of aromatic nitrogens is 3. The maximum Gasteiger partial charge on any atom is 0.234 e. The Hall–Kier alpha value is -2.28. The monoisotopic (exact) mass is 402 g/mol. The lowest BCUT2D eigenvalue weighted by atomic mass is 10.1. The van der Waals surface area contributed by atoms with Gasteiger partial charge >= 0.3 is 0 Å². The van der Waals surface area contributed by atoms with Crippen LogP contribution in [0.2, 0.25) is 0 Å². The highest BCUT2D eigenvalue weighted by atomic mass is 32.2. The average molecular weight is 403 g/mol. The minimum absolute atomic E-state index is 0.108. The minimum Gasteiger partial charge on any atom is -0.495 e. The van der Waals surface area contributed by atoms with E-state index in [2.05, 4.69) is 29.0 Å². The van der Waals surface area contributed by atoms with Gasteiger partial charge in [-0.3, -0.25) is 4.79 Å². The fourth-order valence-corrected chi connectivity index (χ4v) is 3.64. The van der Waals surface area contributed by atoms with Crippen molar-refractivity contribution in [3.8, 4) is 5.75 Å². The Bertz CT molecular complexity index is 761. The maximum atomic E-state index is 12.3. The molecule has 152 valence electrons. The predicted molar refractivity (Wildman–Crippen MR) is 115 cm³/mol. The van der Waals surface area contributed by atoms with E-state index >= 15 is 0 Å². The fourth-order valence-electron chi connectivity index (χ4n) is 2.87. The first-order valence-corrected chi connectivity index (χ1v) is 10.8. The van der Waals surface area contributed by atoms with Gasteiger partial charge in [0.05, 0.1) is 18.6 Å². The molecule has 0 spiro atoms. The van der Waals surface area contributed by atoms with Crippen molar-refractivity contribution in [2.45, 2.75) is 57.1 Å². The molecule has 0 radical (unpaired) electrons. The van der Waals surface area contributed by atoms with Gasteiger partial charge in [-0.15, -0.1) is 16.8 Å². The third-order valence-electron chi connectivity index (χ3n) is 4.32. The van der Waals surface area contributed by atoms with Crippen LogP contribution in [0.4, 0.5) is 5.69 Å². The van der Waals surface area contributed by atoms with Gasteiger partial charge in [-0.2, -0.15) is 0 Å². The van der Waals surface area contributed by atoms with E-state index in [1.54, 1.807) is 7.11 Å². The van der Waals surface area contributed by atoms with Crippen molar-refractivity contribution in [1.82, 2.24) is 14.8 Å². The molecule has 2 aromatic rings. The number of rotatable bonds is 13. The molecule has 1 heterocycles. The number of nitrogens with zero attached hydrogens (tertiary/aromatic N) is 3. The molecule has 28 heavy (non-hydrogen) atoms. The van der Waals surface area contributed by atoms with Crippen molar-refractivity contribution >= 4 is 23.4 Å². The molecule has 1 aromatic heterocycles. The average Bonchev–Trinajstić information content (AvgIpc) is 3.08. The van der Waals surface area contributed by atoms with Gasteiger partial charge in [0.1, 0.15) is 11.6 Å². The van der Waals surface area contributed by atoms with Crippen molar-refractivity contribution in [2.24, 2.45) is 0 Å². The van der Waals surface area contributed by atoms with E-state index in [-0.39, 0.29) is 11.7 Å². The third kappa shape index (κ3) is 6.71. The van der Waals surface area contributed by atoms with Gasteiger partial charge in [-0.05, 0) is 18.6 Å². The van der Waals surface area contributed by atoms with E-state index in [4.69, 9.17) is 4.74 Å². The first-order valence-electron chi connectivity index (χ1n) is 9.78. The van der Waals surface area contributed by atoms with Crippen LogP contribution in [0.15, 0.2) is 42.1 Å². The van der Waals surface area contributed by atoms with Gasteiger partial charge in [0.2, 0.25) is 5.91 Å². The molecule has 0 aliphatic heterocycles. The molecule has 1 amide bonds. The Balaban J connectivity index is 1.91. The van der Waals surface area contributed by atoms with Crippen molar-refractivity contribution in [3.05, 3.63) is 42.7 Å². The van der Waals surface area contributed by atoms with E-state index < -0.39 is 0 Å². The number of aryl methyl sites for hydroxylation is 1. The zero-order valence-electron chi connectivity index (χ0n) is 16.8. The van der Waals surface area contributed by atoms with Crippen molar-refractivity contribution in [1.29, 1.82) is 0 Å². The van der Waals surface area contributed by atoms with Crippen LogP contribution in [0.25, 0.3) is 0 Å². The van der Waals surface area contributed by atoms with Gasteiger partial charge in [-0.25, -0.2) is 0 Å². The van der Waals surface area contributed by atoms with Gasteiger partial charge < -0.3 is 14.6 Å². The summed E-state index contributed by atoms with van der Waals surface area (Å²) in [5.41, 5.74) is 0.663. The zero-order chi connectivity index (χ0) is 20.2. The molecule has 0 unspecified atom stereocenters. The number of thioether (sulfide) groups is 1. The lowest BCUT2D eigenvalue weighted by Crippen LogP contribution is -2.15. The number of para-hydroxylation sites is 2. The lowest BCUT2D eigenvalue weighted by Gasteiger charge is -2.10. The highest BCUT2D eigenvalue weighted by Gasteiger charge is 2.14. The molecular formula is C21H30N4O2S. The fraction of sp³-hybridized carbons (Fsp3) is 0.476. The Morgan fingerprint density at radius 2 is 2.04 bits per heavy atom. The summed E-state index contributed by atoms with van der Waals surface area (Å²) in [7, 11) is 1.58. The first kappa shape index (κ1) is 22.0. The SMILES string of the molecule is C=CCn1c(CCCCCCC)nnc1SCC(=O)Nc1ccccc1OC. The van der Waals surface area contributed by atoms with Crippen LogP contribution in [0.5, 0.6) is 5.75 Å². The molecule has 0 fully saturated rings. The Kier molecular flexibility index (Phi) is 9.62. The van der Waals surface area contributed by atoms with Crippen molar-refractivity contribution in [2.75, 3.05) is 18.2 Å². The van der Waals surface area contributed by atoms with Crippen LogP contribution in [-0.4, -0.2) is 33.5 Å². The molecular weight excluding hydrogens is 372 g/mol. The number of nitrogens with one attached hydrogen (secondary N) is 1. The van der Waals surface area contributed by atoms with E-state index in [0.29, 0.717) is 18.0 Å². The van der Waals surface area contributed by atoms with Crippen molar-refractivity contribution < 1.29 is 9.53 Å². The molecule has 2 rings (SSSR count). The standard InChI is InChI=1S/C21H30N4O2S/c1-4-6-7-8-9-14-19-23-24-21(25(19)15-5-2)28-16-20(26)22-17-12-10-11-13-18(17)27-3/h5,10-13H,2,4,6-9,14-16H2,1,3H3,(H,22,26). The largest absolute Gasteiger partial charge is 0.495 e. The van der Waals surface area contributed by atoms with Crippen LogP contribution in [0.1, 0.15) is 44.9 Å². The number of anilines is 1. The summed E-state index contributed by atoms with van der Waals surface area (Å²) in [5.74, 6) is 1.75. The molecule has 7 heteroatoms. The smallest absolute Gasteiger partial charge is 0.234 e. The predicted octanol–water partition coefficient (Wildman–Crippen LogP) is 4.72. The molecule has 0 bridgehead atoms. The molecule has 0 saturated heterocycles. The van der Waals surface area contributed by atoms with E-state index in [1.165, 1.54) is 37.4 Å². The quantitative estimate of drug-likeness (QED) is 0.298. The summed E-state index contributed by atoms with van der Waals surface area (Å²) in [6.07, 6.45) is 8.83. The van der Waals surface area contributed by atoms with Gasteiger partial charge in [0, 0.05) is 13.0 Å². The normalized spacial score (nSPS) is 10.6. The molecule has 0 atom stereocenters. The molecule has 1 aromatic carbocycles. The van der Waals surface area contributed by atoms with Crippen LogP contribution < -0.4 is 10.1 Å². The van der Waals surface area contributed by atoms with Crippen LogP contribution in [-0.2, 0) is 17.8 Å². The summed E-state index contributed by atoms with van der Waals surface area (Å²) >= 11 is 1.38. The zero-order valence-corrected chi connectivity index (χ0v) is 17.6. The maximum absolute atomic E-state index is 12.3. The molecule has 0 aliphatic carbocycles. The molecule has 6 nitrogen and oxygen atoms in total. The highest BCUT2D eigenvalue weighted by Crippen LogP contribution is 2.24. The van der Waals surface area contributed by atoms with Gasteiger partial charge in [-0.1, -0.05) is 62.6 Å². The minimum atomic E-state index is -0.108.